The van der Waals surface area contributed by atoms with E-state index in [1.165, 1.54) is 12.1 Å². The Hall–Kier alpha value is -0.820. The molecule has 0 spiro atoms. The highest BCUT2D eigenvalue weighted by Gasteiger charge is 2.32. The van der Waals surface area contributed by atoms with Crippen LogP contribution in [0.3, 0.4) is 0 Å². The summed E-state index contributed by atoms with van der Waals surface area (Å²) in [4.78, 5) is 0. The standard InChI is InChI=1S/C12H16F3NO2.ClH/c13-12(14,15)11-4-2-1-3-10(11)9-16-5-7-18-8-6-17;/h1-4,16-17H,5-9H2;1H. The van der Waals surface area contributed by atoms with Crippen LogP contribution < -0.4 is 5.32 Å². The van der Waals surface area contributed by atoms with Crippen LogP contribution in [0.25, 0.3) is 0 Å². The summed E-state index contributed by atoms with van der Waals surface area (Å²) in [6, 6.07) is 5.47. The normalized spacial score (nSPS) is 11.2. The smallest absolute Gasteiger partial charge is 0.394 e. The van der Waals surface area contributed by atoms with Crippen molar-refractivity contribution in [3.05, 3.63) is 35.4 Å². The van der Waals surface area contributed by atoms with E-state index < -0.39 is 11.7 Å². The predicted molar refractivity (Wildman–Crippen MR) is 68.3 cm³/mol. The Labute approximate surface area is 116 Å². The first-order chi connectivity index (χ1) is 8.55. The van der Waals surface area contributed by atoms with Gasteiger partial charge in [0.1, 0.15) is 0 Å². The van der Waals surface area contributed by atoms with Gasteiger partial charge in [-0.25, -0.2) is 0 Å². The molecule has 0 unspecified atom stereocenters. The Balaban J connectivity index is 0.00000324. The largest absolute Gasteiger partial charge is 0.416 e. The minimum absolute atomic E-state index is 0. The Morgan fingerprint density at radius 3 is 2.47 bits per heavy atom. The first-order valence-electron chi connectivity index (χ1n) is 5.60. The van der Waals surface area contributed by atoms with Crippen LogP contribution in [-0.2, 0) is 17.5 Å². The maximum absolute atomic E-state index is 12.6. The number of alkyl halides is 3. The minimum Gasteiger partial charge on any atom is -0.394 e. The fourth-order valence-electron chi connectivity index (χ4n) is 1.49. The Bertz CT molecular complexity index is 361. The van der Waals surface area contributed by atoms with Crippen molar-refractivity contribution in [2.24, 2.45) is 0 Å². The molecule has 3 nitrogen and oxygen atoms in total. The molecule has 0 aliphatic rings. The lowest BCUT2D eigenvalue weighted by atomic mass is 10.1. The molecule has 1 aromatic carbocycles. The zero-order chi connectivity index (χ0) is 13.4. The summed E-state index contributed by atoms with van der Waals surface area (Å²) in [5.74, 6) is 0. The third-order valence-corrected chi connectivity index (χ3v) is 2.30. The number of hydrogen-bond donors (Lipinski definition) is 2. The molecule has 0 aromatic heterocycles. The molecule has 0 fully saturated rings. The van der Waals surface area contributed by atoms with Gasteiger partial charge in [-0.05, 0) is 11.6 Å². The number of rotatable bonds is 7. The van der Waals surface area contributed by atoms with Crippen molar-refractivity contribution in [1.29, 1.82) is 0 Å². The highest BCUT2D eigenvalue weighted by Crippen LogP contribution is 2.31. The van der Waals surface area contributed by atoms with Crippen LogP contribution in [0.5, 0.6) is 0 Å². The molecule has 0 saturated heterocycles. The molecule has 2 N–H and O–H groups in total. The molecule has 0 bridgehead atoms. The van der Waals surface area contributed by atoms with Crippen LogP contribution in [-0.4, -0.2) is 31.5 Å². The second-order valence-corrected chi connectivity index (χ2v) is 3.67. The van der Waals surface area contributed by atoms with Crippen LogP contribution in [0.15, 0.2) is 24.3 Å². The quantitative estimate of drug-likeness (QED) is 0.759. The average Bonchev–Trinajstić information content (AvgIpc) is 2.33. The zero-order valence-electron chi connectivity index (χ0n) is 10.2. The lowest BCUT2D eigenvalue weighted by Crippen LogP contribution is -2.22. The van der Waals surface area contributed by atoms with Gasteiger partial charge < -0.3 is 15.2 Å². The van der Waals surface area contributed by atoms with Gasteiger partial charge in [-0.3, -0.25) is 0 Å². The van der Waals surface area contributed by atoms with Crippen molar-refractivity contribution < 1.29 is 23.0 Å². The topological polar surface area (TPSA) is 41.5 Å². The van der Waals surface area contributed by atoms with Gasteiger partial charge in [0, 0.05) is 13.1 Å². The van der Waals surface area contributed by atoms with Gasteiger partial charge in [0.05, 0.1) is 25.4 Å². The summed E-state index contributed by atoms with van der Waals surface area (Å²) in [6.45, 7) is 1.11. The van der Waals surface area contributed by atoms with E-state index >= 15 is 0 Å². The van der Waals surface area contributed by atoms with Crippen LogP contribution in [0.4, 0.5) is 13.2 Å². The molecule has 0 radical (unpaired) electrons. The summed E-state index contributed by atoms with van der Waals surface area (Å²) in [5.41, 5.74) is -0.402. The van der Waals surface area contributed by atoms with Gasteiger partial charge in [-0.2, -0.15) is 13.2 Å². The molecule has 0 heterocycles. The number of hydrogen-bond acceptors (Lipinski definition) is 3. The van der Waals surface area contributed by atoms with Crippen LogP contribution in [0, 0.1) is 0 Å². The molecule has 0 amide bonds. The average molecular weight is 300 g/mol. The van der Waals surface area contributed by atoms with E-state index in [1.54, 1.807) is 6.07 Å². The molecule has 0 atom stereocenters. The highest BCUT2D eigenvalue weighted by molar-refractivity contribution is 5.85. The molecule has 110 valence electrons. The summed E-state index contributed by atoms with van der Waals surface area (Å²) in [5, 5.41) is 11.3. The monoisotopic (exact) mass is 299 g/mol. The maximum atomic E-state index is 12.6. The van der Waals surface area contributed by atoms with Gasteiger partial charge in [0.2, 0.25) is 0 Å². The van der Waals surface area contributed by atoms with Gasteiger partial charge in [-0.1, -0.05) is 18.2 Å². The van der Waals surface area contributed by atoms with Crippen LogP contribution >= 0.6 is 12.4 Å². The van der Waals surface area contributed by atoms with E-state index in [9.17, 15) is 13.2 Å². The van der Waals surface area contributed by atoms with Crippen molar-refractivity contribution in [2.45, 2.75) is 12.7 Å². The molecule has 7 heteroatoms. The first kappa shape index (κ1) is 18.2. The minimum atomic E-state index is -4.33. The van der Waals surface area contributed by atoms with Crippen molar-refractivity contribution in [3.8, 4) is 0 Å². The van der Waals surface area contributed by atoms with Crippen molar-refractivity contribution in [3.63, 3.8) is 0 Å². The number of aliphatic hydroxyl groups is 1. The van der Waals surface area contributed by atoms with E-state index in [-0.39, 0.29) is 37.7 Å². The fourth-order valence-corrected chi connectivity index (χ4v) is 1.49. The van der Waals surface area contributed by atoms with Gasteiger partial charge in [0.25, 0.3) is 0 Å². The Morgan fingerprint density at radius 1 is 1.16 bits per heavy atom. The number of halogens is 4. The summed E-state index contributed by atoms with van der Waals surface area (Å²) >= 11 is 0. The summed E-state index contributed by atoms with van der Waals surface area (Å²) in [6.07, 6.45) is -4.33. The molecule has 1 rings (SSSR count). The molecular weight excluding hydrogens is 283 g/mol. The zero-order valence-corrected chi connectivity index (χ0v) is 11.1. The van der Waals surface area contributed by atoms with E-state index in [2.05, 4.69) is 5.32 Å². The summed E-state index contributed by atoms with van der Waals surface area (Å²) < 4.78 is 42.9. The van der Waals surface area contributed by atoms with Crippen molar-refractivity contribution in [2.75, 3.05) is 26.4 Å². The lowest BCUT2D eigenvalue weighted by molar-refractivity contribution is -0.138. The molecule has 19 heavy (non-hydrogen) atoms. The lowest BCUT2D eigenvalue weighted by Gasteiger charge is -2.13. The summed E-state index contributed by atoms with van der Waals surface area (Å²) in [7, 11) is 0. The fraction of sp³-hybridized carbons (Fsp3) is 0.500. The molecule has 0 saturated carbocycles. The van der Waals surface area contributed by atoms with E-state index in [1.807, 2.05) is 0 Å². The molecule has 0 aliphatic carbocycles. The second kappa shape index (κ2) is 9.14. The van der Waals surface area contributed by atoms with Crippen LogP contribution in [0.2, 0.25) is 0 Å². The van der Waals surface area contributed by atoms with Gasteiger partial charge in [-0.15, -0.1) is 12.4 Å². The third kappa shape index (κ3) is 6.77. The van der Waals surface area contributed by atoms with E-state index in [4.69, 9.17) is 9.84 Å². The predicted octanol–water partition coefficient (Wildman–Crippen LogP) is 2.23. The molecule has 0 aliphatic heterocycles. The number of benzene rings is 1. The third-order valence-electron chi connectivity index (χ3n) is 2.30. The number of nitrogens with one attached hydrogen (secondary N) is 1. The van der Waals surface area contributed by atoms with E-state index in [0.29, 0.717) is 13.2 Å². The van der Waals surface area contributed by atoms with Crippen molar-refractivity contribution >= 4 is 12.4 Å². The maximum Gasteiger partial charge on any atom is 0.416 e. The number of aliphatic hydroxyl groups excluding tert-OH is 1. The Morgan fingerprint density at radius 2 is 1.84 bits per heavy atom. The first-order valence-corrected chi connectivity index (χ1v) is 5.60. The van der Waals surface area contributed by atoms with Crippen molar-refractivity contribution in [1.82, 2.24) is 5.32 Å². The number of ether oxygens (including phenoxy) is 1. The van der Waals surface area contributed by atoms with Gasteiger partial charge in [0.15, 0.2) is 0 Å². The molecule has 1 aromatic rings. The Kier molecular flexibility index (Phi) is 8.75. The second-order valence-electron chi connectivity index (χ2n) is 3.67. The van der Waals surface area contributed by atoms with Crippen LogP contribution in [0.1, 0.15) is 11.1 Å². The highest BCUT2D eigenvalue weighted by atomic mass is 35.5. The van der Waals surface area contributed by atoms with E-state index in [0.717, 1.165) is 6.07 Å². The molecular formula is C12H17ClF3NO2. The SMILES string of the molecule is Cl.OCCOCCNCc1ccccc1C(F)(F)F. The van der Waals surface area contributed by atoms with Gasteiger partial charge >= 0.3 is 6.18 Å².